The molecule has 0 aliphatic rings. The number of hydrogen-bond donors (Lipinski definition) is 1. The third-order valence-corrected chi connectivity index (χ3v) is 4.80. The van der Waals surface area contributed by atoms with Crippen molar-refractivity contribution in [2.45, 2.75) is 33.9 Å². The topological polar surface area (TPSA) is 90.1 Å². The van der Waals surface area contributed by atoms with Crippen molar-refractivity contribution in [1.82, 2.24) is 15.1 Å². The number of nitro groups is 1. The van der Waals surface area contributed by atoms with Crippen LogP contribution in [0, 0.1) is 30.9 Å². The summed E-state index contributed by atoms with van der Waals surface area (Å²) >= 11 is 0. The number of benzene rings is 2. The van der Waals surface area contributed by atoms with Crippen LogP contribution in [0.3, 0.4) is 0 Å². The molecule has 1 aromatic heterocycles. The van der Waals surface area contributed by atoms with Gasteiger partial charge in [0.2, 0.25) is 0 Å². The maximum atomic E-state index is 12.6. The highest BCUT2D eigenvalue weighted by atomic mass is 16.6. The number of amides is 1. The van der Waals surface area contributed by atoms with Crippen molar-refractivity contribution >= 4 is 11.6 Å². The largest absolute Gasteiger partial charge is 0.348 e. The van der Waals surface area contributed by atoms with Crippen molar-refractivity contribution in [1.29, 1.82) is 0 Å². The minimum Gasteiger partial charge on any atom is -0.348 e. The maximum absolute atomic E-state index is 12.6. The Kier molecular flexibility index (Phi) is 5.54. The van der Waals surface area contributed by atoms with Gasteiger partial charge in [-0.05, 0) is 32.4 Å². The second-order valence-electron chi connectivity index (χ2n) is 6.70. The second-order valence-corrected chi connectivity index (χ2v) is 6.70. The number of carbonyl (C=O) groups is 1. The van der Waals surface area contributed by atoms with Crippen LogP contribution < -0.4 is 5.32 Å². The van der Waals surface area contributed by atoms with Crippen LogP contribution in [0.25, 0.3) is 0 Å². The molecule has 144 valence electrons. The van der Waals surface area contributed by atoms with Crippen molar-refractivity contribution < 1.29 is 9.72 Å². The first kappa shape index (κ1) is 19.3. The fourth-order valence-corrected chi connectivity index (χ4v) is 3.25. The van der Waals surface area contributed by atoms with Crippen LogP contribution in [0.15, 0.2) is 48.5 Å². The van der Waals surface area contributed by atoms with E-state index in [4.69, 9.17) is 0 Å². The molecular weight excluding hydrogens is 356 g/mol. The van der Waals surface area contributed by atoms with Gasteiger partial charge in [0.1, 0.15) is 5.56 Å². The van der Waals surface area contributed by atoms with Crippen LogP contribution in [0.5, 0.6) is 0 Å². The number of rotatable bonds is 6. The zero-order valence-electron chi connectivity index (χ0n) is 16.1. The Morgan fingerprint density at radius 2 is 1.82 bits per heavy atom. The number of carbonyl (C=O) groups excluding carboxylic acids is 1. The van der Waals surface area contributed by atoms with Crippen LogP contribution in [-0.4, -0.2) is 20.6 Å². The summed E-state index contributed by atoms with van der Waals surface area (Å²) in [6.45, 7) is 6.38. The van der Waals surface area contributed by atoms with Gasteiger partial charge in [0.15, 0.2) is 0 Å². The molecular formula is C21H22N4O3. The van der Waals surface area contributed by atoms with Crippen molar-refractivity contribution in [2.24, 2.45) is 0 Å². The van der Waals surface area contributed by atoms with E-state index in [1.807, 2.05) is 48.9 Å². The summed E-state index contributed by atoms with van der Waals surface area (Å²) in [6.07, 6.45) is 0. The van der Waals surface area contributed by atoms with E-state index in [0.29, 0.717) is 12.1 Å². The van der Waals surface area contributed by atoms with E-state index in [1.165, 1.54) is 6.07 Å². The molecule has 7 nitrogen and oxygen atoms in total. The van der Waals surface area contributed by atoms with Gasteiger partial charge in [0.05, 0.1) is 17.2 Å². The number of aryl methyl sites for hydroxylation is 2. The number of nitrogens with one attached hydrogen (secondary N) is 1. The van der Waals surface area contributed by atoms with Gasteiger partial charge in [0.25, 0.3) is 11.6 Å². The summed E-state index contributed by atoms with van der Waals surface area (Å²) in [5, 5.41) is 18.7. The molecule has 3 rings (SSSR count). The van der Waals surface area contributed by atoms with Crippen LogP contribution in [0.4, 0.5) is 5.69 Å². The van der Waals surface area contributed by atoms with Gasteiger partial charge in [-0.1, -0.05) is 42.5 Å². The summed E-state index contributed by atoms with van der Waals surface area (Å²) < 4.78 is 1.90. The molecule has 1 N–H and O–H groups in total. The van der Waals surface area contributed by atoms with Crippen molar-refractivity contribution in [3.63, 3.8) is 0 Å². The summed E-state index contributed by atoms with van der Waals surface area (Å²) in [5.74, 6) is -0.468. The summed E-state index contributed by atoms with van der Waals surface area (Å²) in [5.41, 5.74) is 4.21. The second kappa shape index (κ2) is 8.04. The minimum absolute atomic E-state index is 0.0667. The molecule has 0 unspecified atom stereocenters. The first-order valence-electron chi connectivity index (χ1n) is 8.97. The van der Waals surface area contributed by atoms with Crippen LogP contribution in [-0.2, 0) is 13.1 Å². The Hall–Kier alpha value is -3.48. The SMILES string of the molecule is Cc1cccc(C(=O)NCc2c(C)nn(Cc3ccccc3)c2C)c1[N+](=O)[O-]. The molecule has 1 heterocycles. The molecule has 2 aromatic carbocycles. The van der Waals surface area contributed by atoms with Crippen LogP contribution in [0.1, 0.15) is 38.4 Å². The first-order chi connectivity index (χ1) is 13.4. The van der Waals surface area contributed by atoms with Crippen molar-refractivity contribution in [3.05, 3.63) is 92.3 Å². The summed E-state index contributed by atoms with van der Waals surface area (Å²) in [6, 6.07) is 14.7. The Bertz CT molecular complexity index is 1030. The van der Waals surface area contributed by atoms with Gasteiger partial charge in [-0.2, -0.15) is 5.10 Å². The number of para-hydroxylation sites is 1. The zero-order valence-corrected chi connectivity index (χ0v) is 16.1. The molecule has 0 saturated carbocycles. The van der Waals surface area contributed by atoms with Crippen molar-refractivity contribution in [3.8, 4) is 0 Å². The van der Waals surface area contributed by atoms with E-state index in [9.17, 15) is 14.9 Å². The Morgan fingerprint density at radius 1 is 1.11 bits per heavy atom. The average molecular weight is 378 g/mol. The predicted molar refractivity (Wildman–Crippen MR) is 106 cm³/mol. The molecule has 3 aromatic rings. The third kappa shape index (κ3) is 3.93. The molecule has 0 spiro atoms. The van der Waals surface area contributed by atoms with Gasteiger partial charge in [0, 0.05) is 23.4 Å². The number of nitro benzene ring substituents is 1. The van der Waals surface area contributed by atoms with E-state index in [-0.39, 0.29) is 17.8 Å². The Morgan fingerprint density at radius 3 is 2.50 bits per heavy atom. The molecule has 0 bridgehead atoms. The fourth-order valence-electron chi connectivity index (χ4n) is 3.25. The number of hydrogen-bond acceptors (Lipinski definition) is 4. The standard InChI is InChI=1S/C21H22N4O3/c1-14-8-7-11-18(20(14)25(27)28)21(26)22-12-19-15(2)23-24(16(19)3)13-17-9-5-4-6-10-17/h4-11H,12-13H2,1-3H3,(H,22,26). The normalized spacial score (nSPS) is 10.7. The lowest BCUT2D eigenvalue weighted by atomic mass is 10.1. The van der Waals surface area contributed by atoms with E-state index in [0.717, 1.165) is 22.5 Å². The first-order valence-corrected chi connectivity index (χ1v) is 8.97. The van der Waals surface area contributed by atoms with Gasteiger partial charge >= 0.3 is 0 Å². The van der Waals surface area contributed by atoms with Gasteiger partial charge in [-0.25, -0.2) is 0 Å². The Balaban J connectivity index is 1.78. The monoisotopic (exact) mass is 378 g/mol. The minimum atomic E-state index is -0.515. The van der Waals surface area contributed by atoms with Crippen molar-refractivity contribution in [2.75, 3.05) is 0 Å². The highest BCUT2D eigenvalue weighted by molar-refractivity contribution is 5.98. The zero-order chi connectivity index (χ0) is 20.3. The number of nitrogens with zero attached hydrogens (tertiary/aromatic N) is 3. The molecule has 0 fully saturated rings. The molecule has 0 aliphatic heterocycles. The quantitative estimate of drug-likeness (QED) is 0.523. The summed E-state index contributed by atoms with van der Waals surface area (Å²) in [7, 11) is 0. The molecule has 0 saturated heterocycles. The highest BCUT2D eigenvalue weighted by Crippen LogP contribution is 2.23. The van der Waals surface area contributed by atoms with Gasteiger partial charge < -0.3 is 5.32 Å². The summed E-state index contributed by atoms with van der Waals surface area (Å²) in [4.78, 5) is 23.4. The average Bonchev–Trinajstić information content (AvgIpc) is 2.93. The third-order valence-electron chi connectivity index (χ3n) is 4.80. The highest BCUT2D eigenvalue weighted by Gasteiger charge is 2.22. The molecule has 1 amide bonds. The van der Waals surface area contributed by atoms with E-state index in [2.05, 4.69) is 10.4 Å². The smallest absolute Gasteiger partial charge is 0.285 e. The van der Waals surface area contributed by atoms with Crippen LogP contribution >= 0.6 is 0 Å². The lowest BCUT2D eigenvalue weighted by molar-refractivity contribution is -0.385. The number of aromatic nitrogens is 2. The fraction of sp³-hybridized carbons (Fsp3) is 0.238. The van der Waals surface area contributed by atoms with E-state index in [1.54, 1.807) is 19.1 Å². The molecule has 0 atom stereocenters. The van der Waals surface area contributed by atoms with E-state index < -0.39 is 10.8 Å². The van der Waals surface area contributed by atoms with E-state index >= 15 is 0 Å². The predicted octanol–water partition coefficient (Wildman–Crippen LogP) is 3.69. The maximum Gasteiger partial charge on any atom is 0.285 e. The molecule has 7 heteroatoms. The Labute approximate surface area is 163 Å². The molecule has 0 aliphatic carbocycles. The lowest BCUT2D eigenvalue weighted by Gasteiger charge is -2.08. The molecule has 28 heavy (non-hydrogen) atoms. The lowest BCUT2D eigenvalue weighted by Crippen LogP contribution is -2.24. The van der Waals surface area contributed by atoms with Gasteiger partial charge in [-0.15, -0.1) is 0 Å². The van der Waals surface area contributed by atoms with Crippen LogP contribution in [0.2, 0.25) is 0 Å². The van der Waals surface area contributed by atoms with Gasteiger partial charge in [-0.3, -0.25) is 19.6 Å². The molecule has 0 radical (unpaired) electrons.